The molecule has 2 aromatic heterocycles. The summed E-state index contributed by atoms with van der Waals surface area (Å²) in [7, 11) is 1.04. The first-order valence-electron chi connectivity index (χ1n) is 11.6. The minimum Gasteiger partial charge on any atom is -0.444 e. The smallest absolute Gasteiger partial charge is 0.444 e. The summed E-state index contributed by atoms with van der Waals surface area (Å²) in [5.41, 5.74) is -2.81. The van der Waals surface area contributed by atoms with E-state index in [0.29, 0.717) is 0 Å². The SMILES string of the molecule is C#C[C@@]1(CC2(OC(=O)OC)OC(=O)OC2C)O[C@@H](n2cnc3c(NC(=O)OC(C)(C)C)nc(F)nc32)C[C@@H]1O. The van der Waals surface area contributed by atoms with E-state index >= 15 is 0 Å². The van der Waals surface area contributed by atoms with Crippen LogP contribution in [0.25, 0.3) is 11.2 Å². The molecule has 2 unspecified atom stereocenters. The molecule has 5 atom stereocenters. The van der Waals surface area contributed by atoms with Crippen LogP contribution in [0.1, 0.15) is 46.8 Å². The first kappa shape index (κ1) is 27.8. The average molecular weight is 551 g/mol. The lowest BCUT2D eigenvalue weighted by molar-refractivity contribution is -0.211. The van der Waals surface area contributed by atoms with Gasteiger partial charge in [0.25, 0.3) is 0 Å². The minimum atomic E-state index is -2.10. The number of hydrogen-bond donors (Lipinski definition) is 2. The summed E-state index contributed by atoms with van der Waals surface area (Å²) < 4.78 is 46.7. The fourth-order valence-electron chi connectivity index (χ4n) is 4.20. The number of fused-ring (bicyclic) bond motifs is 1. The molecule has 0 spiro atoms. The standard InChI is InChI=1S/C23H26FN5O10/c1-7-22(9-23(38-19(32)34-6)11(2)35-20(33)39-23)12(30)8-13(36-22)29-10-25-14-15(26-17(24)28-16(14)29)27-18(31)37-21(3,4)5/h1,10-13,30H,8-9H2,2-6H3,(H,26,27,28,31)/t11?,12-,13+,22-,23?/m0/s1. The number of halogens is 1. The van der Waals surface area contributed by atoms with Crippen molar-refractivity contribution in [3.05, 3.63) is 12.4 Å². The third-order valence-electron chi connectivity index (χ3n) is 5.96. The van der Waals surface area contributed by atoms with E-state index in [9.17, 15) is 23.9 Å². The zero-order chi connectivity index (χ0) is 28.8. The summed E-state index contributed by atoms with van der Waals surface area (Å²) in [4.78, 5) is 47.5. The number of cyclic esters (lactones) is 2. The summed E-state index contributed by atoms with van der Waals surface area (Å²) in [6, 6.07) is 0. The molecule has 39 heavy (non-hydrogen) atoms. The van der Waals surface area contributed by atoms with Crippen LogP contribution in [0, 0.1) is 18.4 Å². The number of methoxy groups -OCH3 is 1. The van der Waals surface area contributed by atoms with Crippen LogP contribution in [0.4, 0.5) is 24.6 Å². The Labute approximate surface area is 220 Å². The molecule has 4 rings (SSSR count). The van der Waals surface area contributed by atoms with Gasteiger partial charge >= 0.3 is 30.3 Å². The van der Waals surface area contributed by atoms with Crippen molar-refractivity contribution in [3.63, 3.8) is 0 Å². The molecule has 2 aliphatic rings. The van der Waals surface area contributed by atoms with Gasteiger partial charge in [0.15, 0.2) is 28.7 Å². The topological polar surface area (TPSA) is 182 Å². The van der Waals surface area contributed by atoms with E-state index in [1.165, 1.54) is 17.8 Å². The highest BCUT2D eigenvalue weighted by Gasteiger charge is 2.62. The summed E-state index contributed by atoms with van der Waals surface area (Å²) in [6.07, 6.45) is -1.77. The molecule has 2 aromatic rings. The zero-order valence-corrected chi connectivity index (χ0v) is 21.6. The highest BCUT2D eigenvalue weighted by molar-refractivity contribution is 5.93. The third-order valence-corrected chi connectivity index (χ3v) is 5.96. The Bertz CT molecular complexity index is 1350. The first-order valence-corrected chi connectivity index (χ1v) is 11.6. The molecule has 16 heteroatoms. The lowest BCUT2D eigenvalue weighted by Gasteiger charge is -2.35. The van der Waals surface area contributed by atoms with Gasteiger partial charge in [0.05, 0.1) is 26.0 Å². The Kier molecular flexibility index (Phi) is 7.00. The number of amides is 1. The Balaban J connectivity index is 1.65. The maximum atomic E-state index is 14.4. The van der Waals surface area contributed by atoms with Gasteiger partial charge in [0.2, 0.25) is 0 Å². The van der Waals surface area contributed by atoms with Crippen molar-refractivity contribution in [2.45, 2.75) is 76.0 Å². The van der Waals surface area contributed by atoms with Crippen molar-refractivity contribution >= 4 is 35.4 Å². The molecule has 0 aromatic carbocycles. The van der Waals surface area contributed by atoms with Crippen molar-refractivity contribution in [1.29, 1.82) is 0 Å². The van der Waals surface area contributed by atoms with E-state index in [-0.39, 0.29) is 23.4 Å². The summed E-state index contributed by atoms with van der Waals surface area (Å²) >= 11 is 0. The molecule has 2 fully saturated rings. The molecule has 1 amide bonds. The van der Waals surface area contributed by atoms with Crippen molar-refractivity contribution < 1.29 is 52.3 Å². The first-order chi connectivity index (χ1) is 18.2. The maximum Gasteiger partial charge on any atom is 0.512 e. The summed E-state index contributed by atoms with van der Waals surface area (Å²) in [5.74, 6) is -0.00674. The second kappa shape index (κ2) is 9.82. The molecule has 4 heterocycles. The number of aliphatic hydroxyl groups excluding tert-OH is 1. The fourth-order valence-corrected chi connectivity index (χ4v) is 4.20. The molecule has 0 radical (unpaired) electrons. The van der Waals surface area contributed by atoms with Gasteiger partial charge in [-0.15, -0.1) is 6.42 Å². The normalized spacial score (nSPS) is 28.4. The molecular formula is C23H26FN5O10. The molecular weight excluding hydrogens is 525 g/mol. The number of anilines is 1. The van der Waals surface area contributed by atoms with Crippen LogP contribution in [0.3, 0.4) is 0 Å². The third kappa shape index (κ3) is 5.36. The van der Waals surface area contributed by atoms with Gasteiger partial charge < -0.3 is 33.5 Å². The van der Waals surface area contributed by atoms with Gasteiger partial charge in [-0.25, -0.2) is 19.4 Å². The van der Waals surface area contributed by atoms with Crippen LogP contribution in [0.2, 0.25) is 0 Å². The van der Waals surface area contributed by atoms with E-state index in [1.807, 2.05) is 0 Å². The van der Waals surface area contributed by atoms with Gasteiger partial charge in [-0.3, -0.25) is 9.88 Å². The number of ether oxygens (including phenoxy) is 6. The van der Waals surface area contributed by atoms with Crippen LogP contribution in [-0.2, 0) is 28.4 Å². The molecule has 0 saturated carbocycles. The molecule has 15 nitrogen and oxygen atoms in total. The molecule has 0 bridgehead atoms. The van der Waals surface area contributed by atoms with Crippen molar-refractivity contribution in [3.8, 4) is 12.3 Å². The number of nitrogens with zero attached hydrogens (tertiary/aromatic N) is 4. The number of imidazole rings is 1. The molecule has 0 aliphatic carbocycles. The number of hydrogen-bond acceptors (Lipinski definition) is 13. The van der Waals surface area contributed by atoms with Gasteiger partial charge in [-0.05, 0) is 27.7 Å². The Hall–Kier alpha value is -4.23. The Morgan fingerprint density at radius 2 is 2.10 bits per heavy atom. The van der Waals surface area contributed by atoms with Gasteiger partial charge in [-0.2, -0.15) is 14.4 Å². The molecule has 2 aliphatic heterocycles. The second-order valence-corrected chi connectivity index (χ2v) is 9.81. The van der Waals surface area contributed by atoms with Gasteiger partial charge in [-0.1, -0.05) is 5.92 Å². The van der Waals surface area contributed by atoms with E-state index in [1.54, 1.807) is 20.8 Å². The number of nitrogens with one attached hydrogen (secondary N) is 1. The number of carbonyl (C=O) groups excluding carboxylic acids is 3. The number of aromatic nitrogens is 4. The molecule has 2 N–H and O–H groups in total. The monoisotopic (exact) mass is 551 g/mol. The van der Waals surface area contributed by atoms with Crippen molar-refractivity contribution in [2.75, 3.05) is 12.4 Å². The van der Waals surface area contributed by atoms with E-state index < -0.39 is 66.3 Å². The van der Waals surface area contributed by atoms with Crippen LogP contribution in [-0.4, -0.2) is 79.3 Å². The Morgan fingerprint density at radius 3 is 2.69 bits per heavy atom. The predicted molar refractivity (Wildman–Crippen MR) is 125 cm³/mol. The van der Waals surface area contributed by atoms with Gasteiger partial charge in [0, 0.05) is 6.42 Å². The van der Waals surface area contributed by atoms with E-state index in [0.717, 1.165) is 7.11 Å². The summed E-state index contributed by atoms with van der Waals surface area (Å²) in [5, 5.41) is 13.3. The van der Waals surface area contributed by atoms with Crippen molar-refractivity contribution in [2.24, 2.45) is 0 Å². The fraction of sp³-hybridized carbons (Fsp3) is 0.565. The molecule has 2 saturated heterocycles. The van der Waals surface area contributed by atoms with Crippen LogP contribution in [0.5, 0.6) is 0 Å². The van der Waals surface area contributed by atoms with E-state index in [2.05, 4.69) is 30.9 Å². The quantitative estimate of drug-likeness (QED) is 0.239. The lowest BCUT2D eigenvalue weighted by atomic mass is 9.87. The molecule has 210 valence electrons. The van der Waals surface area contributed by atoms with Crippen LogP contribution in [0.15, 0.2) is 6.33 Å². The van der Waals surface area contributed by atoms with Crippen LogP contribution < -0.4 is 5.32 Å². The lowest BCUT2D eigenvalue weighted by Crippen LogP contribution is -2.52. The van der Waals surface area contributed by atoms with E-state index in [4.69, 9.17) is 30.1 Å². The number of terminal acetylenes is 1. The predicted octanol–water partition coefficient (Wildman–Crippen LogP) is 2.39. The number of aliphatic hydroxyl groups is 1. The highest BCUT2D eigenvalue weighted by Crippen LogP contribution is 2.46. The van der Waals surface area contributed by atoms with Gasteiger partial charge in [0.1, 0.15) is 11.8 Å². The zero-order valence-electron chi connectivity index (χ0n) is 21.6. The maximum absolute atomic E-state index is 14.4. The Morgan fingerprint density at radius 1 is 1.38 bits per heavy atom. The number of rotatable bonds is 5. The van der Waals surface area contributed by atoms with Crippen LogP contribution >= 0.6 is 0 Å². The highest BCUT2D eigenvalue weighted by atomic mass is 19.1. The number of carbonyl (C=O) groups is 3. The second-order valence-electron chi connectivity index (χ2n) is 9.81. The largest absolute Gasteiger partial charge is 0.512 e. The minimum absolute atomic E-state index is 0.00389. The average Bonchev–Trinajstić information content (AvgIpc) is 3.46. The van der Waals surface area contributed by atoms with Crippen molar-refractivity contribution in [1.82, 2.24) is 19.5 Å². The summed E-state index contributed by atoms with van der Waals surface area (Å²) in [6.45, 7) is 6.34.